The maximum absolute atomic E-state index is 13.0. The highest BCUT2D eigenvalue weighted by Gasteiger charge is 2.35. The Bertz CT molecular complexity index is 918. The molecule has 9 heteroatoms. The molecule has 2 aromatic heterocycles. The predicted molar refractivity (Wildman–Crippen MR) is 83.8 cm³/mol. The van der Waals surface area contributed by atoms with Crippen molar-refractivity contribution in [1.82, 2.24) is 9.78 Å². The fourth-order valence-electron chi connectivity index (χ4n) is 2.11. The van der Waals surface area contributed by atoms with Crippen LogP contribution >= 0.6 is 22.9 Å². The molecule has 124 valence electrons. The van der Waals surface area contributed by atoms with E-state index in [-0.39, 0.29) is 16.9 Å². The van der Waals surface area contributed by atoms with E-state index < -0.39 is 17.8 Å². The third-order valence-corrected chi connectivity index (χ3v) is 4.42. The van der Waals surface area contributed by atoms with Gasteiger partial charge in [0, 0.05) is 0 Å². The van der Waals surface area contributed by atoms with Crippen molar-refractivity contribution in [1.29, 1.82) is 0 Å². The van der Waals surface area contributed by atoms with Crippen molar-refractivity contribution in [2.24, 2.45) is 0 Å². The summed E-state index contributed by atoms with van der Waals surface area (Å²) in [5, 5.41) is 12.7. The molecule has 0 saturated heterocycles. The zero-order chi connectivity index (χ0) is 17.5. The van der Waals surface area contributed by atoms with E-state index >= 15 is 0 Å². The second-order valence-electron chi connectivity index (χ2n) is 4.78. The number of hydrogen-bond acceptors (Lipinski definition) is 3. The van der Waals surface area contributed by atoms with Crippen LogP contribution in [0, 0.1) is 0 Å². The van der Waals surface area contributed by atoms with Crippen LogP contribution in [0.5, 0.6) is 0 Å². The van der Waals surface area contributed by atoms with Gasteiger partial charge in [-0.15, -0.1) is 11.3 Å². The van der Waals surface area contributed by atoms with Gasteiger partial charge in [-0.25, -0.2) is 9.48 Å². The van der Waals surface area contributed by atoms with Crippen LogP contribution in [0.25, 0.3) is 16.3 Å². The average molecular weight is 373 g/mol. The molecule has 0 atom stereocenters. The highest BCUT2D eigenvalue weighted by atomic mass is 35.5. The third-order valence-electron chi connectivity index (χ3n) is 3.16. The van der Waals surface area contributed by atoms with Crippen LogP contribution in [-0.4, -0.2) is 20.9 Å². The first-order valence-electron chi connectivity index (χ1n) is 6.52. The molecular formula is C15H8ClF3N2O2S. The second kappa shape index (κ2) is 5.95. The maximum Gasteiger partial charge on any atom is 0.435 e. The first kappa shape index (κ1) is 16.5. The van der Waals surface area contributed by atoms with Crippen molar-refractivity contribution >= 4 is 28.9 Å². The number of aromatic carboxylic acids is 1. The number of thiophene rings is 1. The van der Waals surface area contributed by atoms with Gasteiger partial charge in [0.1, 0.15) is 0 Å². The Morgan fingerprint density at radius 3 is 2.54 bits per heavy atom. The summed E-state index contributed by atoms with van der Waals surface area (Å²) in [6, 6.07) is 9.60. The minimum absolute atomic E-state index is 0.0493. The fourth-order valence-corrected chi connectivity index (χ4v) is 3.16. The van der Waals surface area contributed by atoms with Crippen LogP contribution in [0.1, 0.15) is 16.1 Å². The lowest BCUT2D eigenvalue weighted by molar-refractivity contribution is -0.141. The lowest BCUT2D eigenvalue weighted by atomic mass is 10.2. The van der Waals surface area contributed by atoms with E-state index in [1.165, 1.54) is 24.3 Å². The van der Waals surface area contributed by atoms with Gasteiger partial charge in [-0.1, -0.05) is 17.7 Å². The Kier molecular flexibility index (Phi) is 4.10. The maximum atomic E-state index is 13.0. The summed E-state index contributed by atoms with van der Waals surface area (Å²) >= 11 is 6.97. The molecule has 0 unspecified atom stereocenters. The van der Waals surface area contributed by atoms with Crippen molar-refractivity contribution in [3.8, 4) is 16.3 Å². The van der Waals surface area contributed by atoms with Gasteiger partial charge in [0.2, 0.25) is 0 Å². The van der Waals surface area contributed by atoms with Crippen LogP contribution in [0.2, 0.25) is 4.34 Å². The van der Waals surface area contributed by atoms with Crippen LogP contribution in [0.4, 0.5) is 13.2 Å². The van der Waals surface area contributed by atoms with Gasteiger partial charge in [-0.3, -0.25) is 0 Å². The highest BCUT2D eigenvalue weighted by Crippen LogP contribution is 2.36. The van der Waals surface area contributed by atoms with E-state index in [4.69, 9.17) is 16.7 Å². The number of benzene rings is 1. The number of aromatic nitrogens is 2. The second-order valence-corrected chi connectivity index (χ2v) is 6.50. The van der Waals surface area contributed by atoms with Gasteiger partial charge in [0.15, 0.2) is 5.69 Å². The van der Waals surface area contributed by atoms with Gasteiger partial charge >= 0.3 is 12.1 Å². The normalized spacial score (nSPS) is 11.7. The topological polar surface area (TPSA) is 55.1 Å². The van der Waals surface area contributed by atoms with Gasteiger partial charge in [-0.05, 0) is 36.4 Å². The molecule has 0 bridgehead atoms. The molecule has 4 nitrogen and oxygen atoms in total. The number of hydrogen-bond donors (Lipinski definition) is 1. The number of carboxylic acid groups (broad SMARTS) is 1. The Morgan fingerprint density at radius 1 is 1.21 bits per heavy atom. The summed E-state index contributed by atoms with van der Waals surface area (Å²) in [5.41, 5.74) is -0.721. The molecule has 0 aliphatic carbocycles. The average Bonchev–Trinajstić information content (AvgIpc) is 3.13. The van der Waals surface area contributed by atoms with E-state index in [0.29, 0.717) is 9.21 Å². The minimum Gasteiger partial charge on any atom is -0.478 e. The zero-order valence-electron chi connectivity index (χ0n) is 11.7. The molecule has 0 aliphatic rings. The van der Waals surface area contributed by atoms with Crippen molar-refractivity contribution in [3.63, 3.8) is 0 Å². The van der Waals surface area contributed by atoms with Crippen LogP contribution in [0.3, 0.4) is 0 Å². The summed E-state index contributed by atoms with van der Waals surface area (Å²) in [6.45, 7) is 0. The number of nitrogens with zero attached hydrogens (tertiary/aromatic N) is 2. The molecule has 1 aromatic carbocycles. The summed E-state index contributed by atoms with van der Waals surface area (Å²) in [4.78, 5) is 11.6. The zero-order valence-corrected chi connectivity index (χ0v) is 13.3. The summed E-state index contributed by atoms with van der Waals surface area (Å²) in [6.07, 6.45) is -4.62. The smallest absolute Gasteiger partial charge is 0.435 e. The van der Waals surface area contributed by atoms with Crippen molar-refractivity contribution in [3.05, 3.63) is 58.1 Å². The molecule has 0 radical (unpaired) electrons. The van der Waals surface area contributed by atoms with E-state index in [1.54, 1.807) is 12.1 Å². The Morgan fingerprint density at radius 2 is 1.96 bits per heavy atom. The molecule has 0 spiro atoms. The molecule has 2 heterocycles. The van der Waals surface area contributed by atoms with E-state index in [1.807, 2.05) is 0 Å². The van der Waals surface area contributed by atoms with E-state index in [9.17, 15) is 18.0 Å². The quantitative estimate of drug-likeness (QED) is 0.706. The molecule has 3 rings (SSSR count). The van der Waals surface area contributed by atoms with Crippen molar-refractivity contribution in [2.45, 2.75) is 6.18 Å². The van der Waals surface area contributed by atoms with Gasteiger partial charge < -0.3 is 5.11 Å². The summed E-state index contributed by atoms with van der Waals surface area (Å²) in [7, 11) is 0. The standard InChI is InChI=1S/C15H8ClF3N2O2S/c16-13-5-4-11(24-13)10-7-12(15(17,18)19)20-21(10)9-3-1-2-8(6-9)14(22)23/h1-7H,(H,22,23). The van der Waals surface area contributed by atoms with Gasteiger partial charge in [-0.2, -0.15) is 18.3 Å². The van der Waals surface area contributed by atoms with Crippen LogP contribution < -0.4 is 0 Å². The van der Waals surface area contributed by atoms with Crippen LogP contribution in [0.15, 0.2) is 42.5 Å². The van der Waals surface area contributed by atoms with E-state index in [0.717, 1.165) is 22.1 Å². The lowest BCUT2D eigenvalue weighted by Crippen LogP contribution is -2.08. The number of rotatable bonds is 3. The first-order valence-corrected chi connectivity index (χ1v) is 7.72. The molecule has 0 fully saturated rings. The van der Waals surface area contributed by atoms with Crippen LogP contribution in [-0.2, 0) is 6.18 Å². The molecule has 3 aromatic rings. The molecular weight excluding hydrogens is 365 g/mol. The number of halogens is 4. The molecule has 1 N–H and O–H groups in total. The molecule has 24 heavy (non-hydrogen) atoms. The fraction of sp³-hybridized carbons (Fsp3) is 0.0667. The summed E-state index contributed by atoms with van der Waals surface area (Å²) < 4.78 is 40.6. The highest BCUT2D eigenvalue weighted by molar-refractivity contribution is 7.19. The first-order chi connectivity index (χ1) is 11.3. The van der Waals surface area contributed by atoms with E-state index in [2.05, 4.69) is 5.10 Å². The Hall–Kier alpha value is -2.32. The monoisotopic (exact) mass is 372 g/mol. The minimum atomic E-state index is -4.62. The SMILES string of the molecule is O=C(O)c1cccc(-n2nc(C(F)(F)F)cc2-c2ccc(Cl)s2)c1. The number of alkyl halides is 3. The largest absolute Gasteiger partial charge is 0.478 e. The number of carbonyl (C=O) groups is 1. The summed E-state index contributed by atoms with van der Waals surface area (Å²) in [5.74, 6) is -1.18. The van der Waals surface area contributed by atoms with Crippen molar-refractivity contribution in [2.75, 3.05) is 0 Å². The lowest BCUT2D eigenvalue weighted by Gasteiger charge is -2.07. The predicted octanol–water partition coefficient (Wildman–Crippen LogP) is 4.97. The number of carboxylic acids is 1. The Balaban J connectivity index is 2.21. The molecule has 0 saturated carbocycles. The van der Waals surface area contributed by atoms with Crippen molar-refractivity contribution < 1.29 is 23.1 Å². The molecule has 0 amide bonds. The molecule has 0 aliphatic heterocycles. The van der Waals surface area contributed by atoms with Gasteiger partial charge in [0.25, 0.3) is 0 Å². The Labute approximate surface area is 142 Å². The third kappa shape index (κ3) is 3.15. The van der Waals surface area contributed by atoms with Gasteiger partial charge in [0.05, 0.1) is 26.2 Å².